The Morgan fingerprint density at radius 1 is 1.33 bits per heavy atom. The highest BCUT2D eigenvalue weighted by Gasteiger charge is 2.25. The average molecular weight is 241 g/mol. The number of benzene rings is 1. The molecule has 1 aliphatic rings. The molecule has 1 atom stereocenters. The first-order chi connectivity index (χ1) is 8.78. The van der Waals surface area contributed by atoms with E-state index in [9.17, 15) is 0 Å². The molecule has 1 unspecified atom stereocenters. The summed E-state index contributed by atoms with van der Waals surface area (Å²) >= 11 is 0. The Morgan fingerprint density at radius 3 is 2.67 bits per heavy atom. The molecule has 0 saturated heterocycles. The molecule has 18 heavy (non-hydrogen) atoms. The van der Waals surface area contributed by atoms with Crippen molar-refractivity contribution in [2.24, 2.45) is 4.99 Å². The van der Waals surface area contributed by atoms with Gasteiger partial charge in [-0.05, 0) is 18.1 Å². The van der Waals surface area contributed by atoms with Gasteiger partial charge in [0.05, 0.1) is 11.3 Å². The van der Waals surface area contributed by atoms with Crippen molar-refractivity contribution in [2.45, 2.75) is 25.4 Å². The van der Waals surface area contributed by atoms with Crippen molar-refractivity contribution in [1.82, 2.24) is 0 Å². The van der Waals surface area contributed by atoms with E-state index >= 15 is 0 Å². The van der Waals surface area contributed by atoms with Gasteiger partial charge in [0.1, 0.15) is 0 Å². The fourth-order valence-electron chi connectivity index (χ4n) is 1.99. The first-order valence-corrected chi connectivity index (χ1v) is 6.32. The summed E-state index contributed by atoms with van der Waals surface area (Å²) in [5.74, 6) is 0. The van der Waals surface area contributed by atoms with E-state index in [2.05, 4.69) is 24.1 Å². The van der Waals surface area contributed by atoms with Crippen molar-refractivity contribution < 1.29 is 4.74 Å². The molecule has 1 aliphatic carbocycles. The molecule has 0 amide bonds. The molecule has 94 valence electrons. The highest BCUT2D eigenvalue weighted by molar-refractivity contribution is 5.80. The van der Waals surface area contributed by atoms with Crippen molar-refractivity contribution >= 4 is 6.21 Å². The van der Waals surface area contributed by atoms with Gasteiger partial charge in [-0.3, -0.25) is 4.99 Å². The highest BCUT2D eigenvalue weighted by Crippen LogP contribution is 2.27. The molecule has 0 radical (unpaired) electrons. The minimum absolute atomic E-state index is 0.133. The monoisotopic (exact) mass is 241 g/mol. The van der Waals surface area contributed by atoms with Gasteiger partial charge in [-0.2, -0.15) is 0 Å². The number of rotatable bonds is 4. The van der Waals surface area contributed by atoms with E-state index in [4.69, 9.17) is 4.74 Å². The van der Waals surface area contributed by atoms with Crippen LogP contribution in [0, 0.1) is 0 Å². The van der Waals surface area contributed by atoms with E-state index in [1.807, 2.05) is 42.6 Å². The number of nitrogens with zero attached hydrogens (tertiary/aromatic N) is 1. The summed E-state index contributed by atoms with van der Waals surface area (Å²) in [6.07, 6.45) is 10.0. The Labute approximate surface area is 109 Å². The van der Waals surface area contributed by atoms with Gasteiger partial charge < -0.3 is 4.74 Å². The predicted octanol–water partition coefficient (Wildman–Crippen LogP) is 3.74. The fourth-order valence-corrected chi connectivity index (χ4v) is 1.99. The molecule has 0 bridgehead atoms. The molecule has 0 heterocycles. The smallest absolute Gasteiger partial charge is 0.0894 e. The van der Waals surface area contributed by atoms with E-state index in [0.717, 1.165) is 24.1 Å². The van der Waals surface area contributed by atoms with Crippen LogP contribution in [-0.4, -0.2) is 18.9 Å². The van der Waals surface area contributed by atoms with Gasteiger partial charge >= 0.3 is 0 Å². The quantitative estimate of drug-likeness (QED) is 0.736. The highest BCUT2D eigenvalue weighted by atomic mass is 16.5. The second-order valence-electron chi connectivity index (χ2n) is 4.46. The average Bonchev–Trinajstić information content (AvgIpc) is 2.47. The molecule has 1 aromatic rings. The Morgan fingerprint density at radius 2 is 2.11 bits per heavy atom. The van der Waals surface area contributed by atoms with Gasteiger partial charge in [-0.25, -0.2) is 0 Å². The molecule has 0 saturated carbocycles. The molecule has 2 rings (SSSR count). The Kier molecular flexibility index (Phi) is 4.11. The summed E-state index contributed by atoms with van der Waals surface area (Å²) in [5.41, 5.74) is 1.98. The summed E-state index contributed by atoms with van der Waals surface area (Å²) in [4.78, 5) is 4.48. The zero-order valence-corrected chi connectivity index (χ0v) is 11.0. The van der Waals surface area contributed by atoms with Crippen molar-refractivity contribution in [1.29, 1.82) is 0 Å². The SMILES string of the molecule is CCC1(OC)C=CC(N=Cc2ccccc2)=CC1. The van der Waals surface area contributed by atoms with Gasteiger partial charge in [0, 0.05) is 19.7 Å². The zero-order chi connectivity index (χ0) is 12.8. The number of methoxy groups -OCH3 is 1. The summed E-state index contributed by atoms with van der Waals surface area (Å²) < 4.78 is 5.56. The predicted molar refractivity (Wildman–Crippen MR) is 75.9 cm³/mol. The second-order valence-corrected chi connectivity index (χ2v) is 4.46. The standard InChI is InChI=1S/C16H19NO/c1-3-16(18-2)11-9-15(10-12-16)17-13-14-7-5-4-6-8-14/h4-11,13H,3,12H2,1-2H3. The van der Waals surface area contributed by atoms with Crippen LogP contribution in [0.1, 0.15) is 25.3 Å². The van der Waals surface area contributed by atoms with Crippen molar-refractivity contribution in [3.05, 3.63) is 59.8 Å². The lowest BCUT2D eigenvalue weighted by Crippen LogP contribution is -2.28. The number of hydrogen-bond donors (Lipinski definition) is 0. The molecule has 1 aromatic carbocycles. The summed E-state index contributed by atoms with van der Waals surface area (Å²) in [7, 11) is 1.76. The Hall–Kier alpha value is -1.67. The Bertz CT molecular complexity index is 467. The van der Waals surface area contributed by atoms with Gasteiger partial charge in [0.15, 0.2) is 0 Å². The number of hydrogen-bond acceptors (Lipinski definition) is 2. The van der Waals surface area contributed by atoms with E-state index < -0.39 is 0 Å². The van der Waals surface area contributed by atoms with Crippen LogP contribution < -0.4 is 0 Å². The largest absolute Gasteiger partial charge is 0.374 e. The van der Waals surface area contributed by atoms with E-state index in [1.54, 1.807) is 7.11 Å². The molecule has 0 N–H and O–H groups in total. The summed E-state index contributed by atoms with van der Waals surface area (Å²) in [6, 6.07) is 10.1. The van der Waals surface area contributed by atoms with Crippen LogP contribution in [0.5, 0.6) is 0 Å². The molecule has 2 nitrogen and oxygen atoms in total. The Balaban J connectivity index is 2.04. The number of allylic oxidation sites excluding steroid dienone is 1. The van der Waals surface area contributed by atoms with E-state index in [1.165, 1.54) is 0 Å². The van der Waals surface area contributed by atoms with Gasteiger partial charge in [-0.1, -0.05) is 49.4 Å². The van der Waals surface area contributed by atoms with Crippen molar-refractivity contribution in [3.63, 3.8) is 0 Å². The molecule has 0 spiro atoms. The van der Waals surface area contributed by atoms with Crippen LogP contribution in [0.2, 0.25) is 0 Å². The number of aliphatic imine (C=N–C) groups is 1. The minimum atomic E-state index is -0.133. The molecule has 2 heteroatoms. The maximum absolute atomic E-state index is 5.56. The molecular weight excluding hydrogens is 222 g/mol. The maximum atomic E-state index is 5.56. The topological polar surface area (TPSA) is 21.6 Å². The molecule has 0 aromatic heterocycles. The van der Waals surface area contributed by atoms with E-state index in [0.29, 0.717) is 0 Å². The van der Waals surface area contributed by atoms with Crippen molar-refractivity contribution in [2.75, 3.05) is 7.11 Å². The fraction of sp³-hybridized carbons (Fsp3) is 0.312. The third kappa shape index (κ3) is 2.96. The maximum Gasteiger partial charge on any atom is 0.0894 e. The van der Waals surface area contributed by atoms with Crippen LogP contribution in [-0.2, 0) is 4.74 Å². The van der Waals surface area contributed by atoms with Crippen LogP contribution >= 0.6 is 0 Å². The molecule has 0 fully saturated rings. The third-order valence-electron chi connectivity index (χ3n) is 3.38. The third-order valence-corrected chi connectivity index (χ3v) is 3.38. The lowest BCUT2D eigenvalue weighted by Gasteiger charge is -2.28. The van der Waals surface area contributed by atoms with Gasteiger partial charge in [0.2, 0.25) is 0 Å². The molecular formula is C16H19NO. The zero-order valence-electron chi connectivity index (χ0n) is 11.0. The molecule has 0 aliphatic heterocycles. The summed E-state index contributed by atoms with van der Waals surface area (Å²) in [6.45, 7) is 2.14. The van der Waals surface area contributed by atoms with Crippen LogP contribution in [0.25, 0.3) is 0 Å². The van der Waals surface area contributed by atoms with E-state index in [-0.39, 0.29) is 5.60 Å². The number of ether oxygens (including phenoxy) is 1. The lowest BCUT2D eigenvalue weighted by molar-refractivity contribution is 0.0304. The lowest BCUT2D eigenvalue weighted by atomic mass is 9.91. The van der Waals surface area contributed by atoms with Crippen molar-refractivity contribution in [3.8, 4) is 0 Å². The first-order valence-electron chi connectivity index (χ1n) is 6.32. The minimum Gasteiger partial charge on any atom is -0.374 e. The van der Waals surface area contributed by atoms with Crippen LogP contribution in [0.3, 0.4) is 0 Å². The van der Waals surface area contributed by atoms with Gasteiger partial charge in [-0.15, -0.1) is 0 Å². The summed E-state index contributed by atoms with van der Waals surface area (Å²) in [5, 5.41) is 0. The first kappa shape index (κ1) is 12.8. The second kappa shape index (κ2) is 5.78. The van der Waals surface area contributed by atoms with Gasteiger partial charge in [0.25, 0.3) is 0 Å². The van der Waals surface area contributed by atoms with Crippen LogP contribution in [0.4, 0.5) is 0 Å². The van der Waals surface area contributed by atoms with Crippen LogP contribution in [0.15, 0.2) is 59.2 Å². The normalized spacial score (nSPS) is 23.3.